The average Bonchev–Trinajstić information content (AvgIpc) is 2.73. The number of esters is 2. The molecule has 1 aliphatic rings. The van der Waals surface area contributed by atoms with E-state index in [4.69, 9.17) is 16.3 Å². The monoisotopic (exact) mass is 567 g/mol. The summed E-state index contributed by atoms with van der Waals surface area (Å²) in [6, 6.07) is 1.57. The second kappa shape index (κ2) is 15.2. The van der Waals surface area contributed by atoms with E-state index in [-0.39, 0.29) is 18.0 Å². The molecule has 156 valence electrons. The first-order chi connectivity index (χ1) is 13.0. The molecule has 0 radical (unpaired) electrons. The van der Waals surface area contributed by atoms with Gasteiger partial charge in [0.15, 0.2) is 0 Å². The Morgan fingerprint density at radius 1 is 1.11 bits per heavy atom. The maximum absolute atomic E-state index is 11.1. The second-order valence-electron chi connectivity index (χ2n) is 5.13. The molecule has 0 saturated carbocycles. The zero-order valence-electron chi connectivity index (χ0n) is 15.5. The number of hydrogen-bond donors (Lipinski definition) is 1. The molecule has 0 aromatic carbocycles. The van der Waals surface area contributed by atoms with Crippen molar-refractivity contribution in [2.45, 2.75) is 12.5 Å². The molecule has 27 heavy (non-hydrogen) atoms. The van der Waals surface area contributed by atoms with E-state index in [9.17, 15) is 9.59 Å². The zero-order chi connectivity index (χ0) is 20.7. The van der Waals surface area contributed by atoms with Gasteiger partial charge in [-0.15, -0.1) is 0 Å². The van der Waals surface area contributed by atoms with Crippen LogP contribution in [0.2, 0.25) is 0 Å². The third kappa shape index (κ3) is 10.1. The number of carbonyl (C=O) groups excluding carboxylic acids is 2. The molecule has 10 nitrogen and oxygen atoms in total. The van der Waals surface area contributed by atoms with Gasteiger partial charge in [-0.1, -0.05) is 0 Å². The van der Waals surface area contributed by atoms with Crippen molar-refractivity contribution in [3.05, 3.63) is 24.0 Å². The summed E-state index contributed by atoms with van der Waals surface area (Å²) in [6.45, 7) is 1.52. The Bertz CT molecular complexity index is 622. The summed E-state index contributed by atoms with van der Waals surface area (Å²) in [5, 5.41) is 3.13. The molecule has 1 aromatic rings. The van der Waals surface area contributed by atoms with Gasteiger partial charge in [-0.2, -0.15) is 0 Å². The number of aromatic nitrogens is 1. The molecule has 2 rings (SSSR count). The van der Waals surface area contributed by atoms with Crippen LogP contribution in [0.1, 0.15) is 16.8 Å². The van der Waals surface area contributed by atoms with E-state index in [0.29, 0.717) is 17.9 Å². The number of piperidine rings is 1. The van der Waals surface area contributed by atoms with Crippen LogP contribution in [0.15, 0.2) is 18.5 Å². The Morgan fingerprint density at radius 3 is 2.30 bits per heavy atom. The van der Waals surface area contributed by atoms with E-state index >= 15 is 0 Å². The normalized spacial score (nSPS) is 18.1. The summed E-state index contributed by atoms with van der Waals surface area (Å²) in [6.07, 6.45) is 3.85. The van der Waals surface area contributed by atoms with Gasteiger partial charge in [-0.25, -0.2) is 4.79 Å². The van der Waals surface area contributed by atoms with Crippen molar-refractivity contribution in [1.29, 1.82) is 0 Å². The predicted molar refractivity (Wildman–Crippen MR) is 87.3 cm³/mol. The van der Waals surface area contributed by atoms with Crippen LogP contribution < -0.4 is 10.1 Å². The molecule has 0 spiro atoms. The summed E-state index contributed by atoms with van der Waals surface area (Å²) in [5.74, 6) is -0.0720. The van der Waals surface area contributed by atoms with Crippen LogP contribution in [-0.2, 0) is 44.3 Å². The molecule has 1 fully saturated rings. The van der Waals surface area contributed by atoms with Crippen LogP contribution in [0.4, 0.5) is 0 Å². The summed E-state index contributed by atoms with van der Waals surface area (Å²) >= 11 is -1.92. The van der Waals surface area contributed by atoms with Gasteiger partial charge in [0.2, 0.25) is 0 Å². The minimum absolute atomic E-state index is 0.0475. The summed E-state index contributed by atoms with van der Waals surface area (Å²) in [7, 11) is 5.91. The number of carbonyl (C=O) groups is 2. The van der Waals surface area contributed by atoms with Crippen molar-refractivity contribution < 1.29 is 53.8 Å². The van der Waals surface area contributed by atoms with E-state index in [1.54, 1.807) is 13.2 Å². The van der Waals surface area contributed by atoms with Crippen molar-refractivity contribution in [3.8, 4) is 5.75 Å². The van der Waals surface area contributed by atoms with Gasteiger partial charge in [0.1, 0.15) is 5.75 Å². The SMILES string of the molecule is COC(=O)C1CNCC(OC)C1.COC(=O)c1cncc(OC)c1.[O]=[Pt]=[O]. The molecular formula is C16H24N2O8Pt. The minimum atomic E-state index is -1.92. The molecule has 1 saturated heterocycles. The molecule has 11 heteroatoms. The Morgan fingerprint density at radius 2 is 1.78 bits per heavy atom. The Kier molecular flexibility index (Phi) is 14.1. The number of ether oxygens (including phenoxy) is 4. The quantitative estimate of drug-likeness (QED) is 0.511. The number of nitrogens with one attached hydrogen (secondary N) is 1. The van der Waals surface area contributed by atoms with Crippen molar-refractivity contribution in [3.63, 3.8) is 0 Å². The Hall–Kier alpha value is -1.90. The second-order valence-corrected chi connectivity index (χ2v) is 5.51. The molecule has 2 unspecified atom stereocenters. The van der Waals surface area contributed by atoms with Gasteiger partial charge in [0.05, 0.1) is 45.1 Å². The van der Waals surface area contributed by atoms with Crippen molar-refractivity contribution >= 4 is 11.9 Å². The van der Waals surface area contributed by atoms with Gasteiger partial charge in [-0.05, 0) is 12.5 Å². The van der Waals surface area contributed by atoms with E-state index in [0.717, 1.165) is 13.0 Å². The molecule has 1 aliphatic heterocycles. The first-order valence-electron chi connectivity index (χ1n) is 7.70. The van der Waals surface area contributed by atoms with Crippen molar-refractivity contribution in [1.82, 2.24) is 10.3 Å². The molecule has 0 bridgehead atoms. The van der Waals surface area contributed by atoms with E-state index in [1.807, 2.05) is 0 Å². The van der Waals surface area contributed by atoms with Gasteiger partial charge >= 0.3 is 37.2 Å². The Balaban J connectivity index is 0.000000438. The first kappa shape index (κ1) is 25.1. The van der Waals surface area contributed by atoms with Crippen LogP contribution >= 0.6 is 0 Å². The molecule has 2 atom stereocenters. The maximum atomic E-state index is 11.1. The van der Waals surface area contributed by atoms with Crippen LogP contribution in [0.3, 0.4) is 0 Å². The summed E-state index contributed by atoms with van der Waals surface area (Å²) in [5.41, 5.74) is 0.386. The fourth-order valence-corrected chi connectivity index (χ4v) is 2.19. The van der Waals surface area contributed by atoms with Gasteiger partial charge in [0.25, 0.3) is 0 Å². The van der Waals surface area contributed by atoms with Crippen LogP contribution in [0.5, 0.6) is 5.75 Å². The average molecular weight is 567 g/mol. The molecule has 1 N–H and O–H groups in total. The van der Waals surface area contributed by atoms with Gasteiger partial charge in [-0.3, -0.25) is 9.78 Å². The predicted octanol–water partition coefficient (Wildman–Crippen LogP) is 0.421. The number of pyridine rings is 1. The molecule has 2 heterocycles. The fraction of sp³-hybridized carbons (Fsp3) is 0.562. The molecule has 0 aliphatic carbocycles. The van der Waals surface area contributed by atoms with Crippen molar-refractivity contribution in [2.75, 3.05) is 41.5 Å². The zero-order valence-corrected chi connectivity index (χ0v) is 17.8. The van der Waals surface area contributed by atoms with Crippen molar-refractivity contribution in [2.24, 2.45) is 5.92 Å². The van der Waals surface area contributed by atoms with E-state index < -0.39 is 24.5 Å². The summed E-state index contributed by atoms with van der Waals surface area (Å²) in [4.78, 5) is 25.9. The third-order valence-corrected chi connectivity index (χ3v) is 3.55. The Labute approximate surface area is 166 Å². The van der Waals surface area contributed by atoms with Crippen LogP contribution in [0.25, 0.3) is 0 Å². The van der Waals surface area contributed by atoms with Crippen LogP contribution in [0, 0.1) is 5.92 Å². The van der Waals surface area contributed by atoms with E-state index in [1.165, 1.54) is 33.7 Å². The number of methoxy groups -OCH3 is 4. The third-order valence-electron chi connectivity index (χ3n) is 3.55. The number of rotatable bonds is 4. The van der Waals surface area contributed by atoms with Crippen LogP contribution in [-0.4, -0.2) is 64.6 Å². The standard InChI is InChI=1S/C8H15NO3.C8H9NO3.2O.Pt/c2*1-11-7-3-6(4-9-5-7)8(10)12-2;;;/h6-7,9H,3-5H2,1-2H3;3-5H,1-2H3;;;. The first-order valence-corrected chi connectivity index (χ1v) is 9.55. The van der Waals surface area contributed by atoms with Gasteiger partial charge < -0.3 is 24.3 Å². The summed E-state index contributed by atoms with van der Waals surface area (Å²) < 4.78 is 36.1. The van der Waals surface area contributed by atoms with Gasteiger partial charge in [0, 0.05) is 26.4 Å². The topological polar surface area (TPSA) is 130 Å². The van der Waals surface area contributed by atoms with E-state index in [2.05, 4.69) is 19.8 Å². The molecule has 0 amide bonds. The molecule has 1 aromatic heterocycles. The molecular weight excluding hydrogens is 543 g/mol. The number of nitrogens with zero attached hydrogens (tertiary/aromatic N) is 1. The fourth-order valence-electron chi connectivity index (χ4n) is 2.19. The number of hydrogen-bond acceptors (Lipinski definition) is 10.